The van der Waals surface area contributed by atoms with Crippen molar-refractivity contribution in [2.45, 2.75) is 39.2 Å². The van der Waals surface area contributed by atoms with Crippen LogP contribution < -0.4 is 0 Å². The van der Waals surface area contributed by atoms with E-state index in [2.05, 4.69) is 25.7 Å². The first-order valence-corrected chi connectivity index (χ1v) is 7.56. The lowest BCUT2D eigenvalue weighted by Gasteiger charge is -2.15. The molecule has 2 rings (SSSR count). The molecule has 1 heterocycles. The molecule has 1 aromatic rings. The maximum absolute atomic E-state index is 9.32. The maximum Gasteiger partial charge on any atom is 0.115 e. The molecule has 1 aliphatic rings. The van der Waals surface area contributed by atoms with E-state index in [-0.39, 0.29) is 6.10 Å². The topological polar surface area (TPSA) is 29.5 Å². The van der Waals surface area contributed by atoms with Gasteiger partial charge in [0.15, 0.2) is 0 Å². The highest BCUT2D eigenvalue weighted by atomic mass is 16.5. The van der Waals surface area contributed by atoms with Gasteiger partial charge in [-0.3, -0.25) is 0 Å². The molecule has 0 amide bonds. The molecule has 1 atom stereocenters. The number of aromatic hydroxyl groups is 1. The van der Waals surface area contributed by atoms with Crippen LogP contribution in [0, 0.1) is 0 Å². The number of benzene rings is 1. The van der Waals surface area contributed by atoms with Crippen molar-refractivity contribution in [3.8, 4) is 5.75 Å². The molecule has 1 N–H and O–H groups in total. The molecule has 1 unspecified atom stereocenters. The Morgan fingerprint density at radius 1 is 1.38 bits per heavy atom. The van der Waals surface area contributed by atoms with E-state index in [0.29, 0.717) is 12.4 Å². The Morgan fingerprint density at radius 3 is 2.71 bits per heavy atom. The highest BCUT2D eigenvalue weighted by Gasteiger charge is 2.20. The van der Waals surface area contributed by atoms with Gasteiger partial charge in [0.05, 0.1) is 12.7 Å². The van der Waals surface area contributed by atoms with E-state index >= 15 is 0 Å². The molecule has 0 fully saturated rings. The quantitative estimate of drug-likeness (QED) is 0.807. The summed E-state index contributed by atoms with van der Waals surface area (Å²) in [5.41, 5.74) is 4.90. The van der Waals surface area contributed by atoms with E-state index in [1.807, 2.05) is 19.1 Å². The van der Waals surface area contributed by atoms with Crippen molar-refractivity contribution in [1.29, 1.82) is 0 Å². The molecular formula is C19H24O2. The van der Waals surface area contributed by atoms with Crippen molar-refractivity contribution in [2.24, 2.45) is 0 Å². The minimum atomic E-state index is 0.192. The summed E-state index contributed by atoms with van der Waals surface area (Å²) in [6, 6.07) is 7.33. The lowest BCUT2D eigenvalue weighted by Crippen LogP contribution is -2.11. The monoisotopic (exact) mass is 284 g/mol. The highest BCUT2D eigenvalue weighted by Crippen LogP contribution is 2.27. The van der Waals surface area contributed by atoms with Gasteiger partial charge in [-0.1, -0.05) is 48.9 Å². The van der Waals surface area contributed by atoms with Crippen LogP contribution in [0.5, 0.6) is 5.75 Å². The van der Waals surface area contributed by atoms with Crippen LogP contribution in [0.2, 0.25) is 0 Å². The van der Waals surface area contributed by atoms with Crippen LogP contribution in [-0.2, 0) is 4.74 Å². The average Bonchev–Trinajstić information content (AvgIpc) is 2.94. The summed E-state index contributed by atoms with van der Waals surface area (Å²) in [6.45, 7) is 8.95. The van der Waals surface area contributed by atoms with E-state index in [9.17, 15) is 5.11 Å². The summed E-state index contributed by atoms with van der Waals surface area (Å²) in [4.78, 5) is 0. The number of phenols is 1. The Balaban J connectivity index is 1.98. The molecule has 0 spiro atoms. The third-order valence-corrected chi connectivity index (χ3v) is 3.89. The van der Waals surface area contributed by atoms with Crippen molar-refractivity contribution in [3.05, 3.63) is 59.2 Å². The number of hydrogen-bond acceptors (Lipinski definition) is 2. The predicted molar refractivity (Wildman–Crippen MR) is 88.2 cm³/mol. The van der Waals surface area contributed by atoms with Gasteiger partial charge >= 0.3 is 0 Å². The highest BCUT2D eigenvalue weighted by molar-refractivity contribution is 5.53. The number of allylic oxidation sites excluding steroid dienone is 1. The molecule has 0 bridgehead atoms. The fraction of sp³-hybridized carbons (Fsp3) is 0.368. The van der Waals surface area contributed by atoms with Crippen LogP contribution in [0.4, 0.5) is 0 Å². The molecule has 0 aliphatic carbocycles. The van der Waals surface area contributed by atoms with Gasteiger partial charge in [0.1, 0.15) is 5.75 Å². The van der Waals surface area contributed by atoms with Crippen LogP contribution in [-0.4, -0.2) is 17.8 Å². The second kappa shape index (κ2) is 7.28. The smallest absolute Gasteiger partial charge is 0.115 e. The largest absolute Gasteiger partial charge is 0.508 e. The van der Waals surface area contributed by atoms with Crippen molar-refractivity contribution in [2.75, 3.05) is 6.61 Å². The first kappa shape index (κ1) is 15.6. The van der Waals surface area contributed by atoms with Gasteiger partial charge in [0, 0.05) is 0 Å². The normalized spacial score (nSPS) is 18.7. The van der Waals surface area contributed by atoms with Crippen molar-refractivity contribution < 1.29 is 9.84 Å². The maximum atomic E-state index is 9.32. The van der Waals surface area contributed by atoms with Crippen LogP contribution in [0.15, 0.2) is 53.6 Å². The van der Waals surface area contributed by atoms with Crippen molar-refractivity contribution in [1.82, 2.24) is 0 Å². The van der Waals surface area contributed by atoms with Crippen LogP contribution in [0.25, 0.3) is 6.08 Å². The van der Waals surface area contributed by atoms with Crippen LogP contribution in [0.3, 0.4) is 0 Å². The molecule has 21 heavy (non-hydrogen) atoms. The van der Waals surface area contributed by atoms with Gasteiger partial charge in [-0.25, -0.2) is 0 Å². The summed E-state index contributed by atoms with van der Waals surface area (Å²) in [5.74, 6) is 0.306. The first-order chi connectivity index (χ1) is 10.1. The van der Waals surface area contributed by atoms with E-state index < -0.39 is 0 Å². The second-order valence-corrected chi connectivity index (χ2v) is 5.55. The van der Waals surface area contributed by atoms with Gasteiger partial charge < -0.3 is 9.84 Å². The molecule has 112 valence electrons. The third kappa shape index (κ3) is 4.33. The molecule has 1 aliphatic heterocycles. The number of phenolic OH excluding ortho intramolecular Hbond substituents is 1. The van der Waals surface area contributed by atoms with E-state index in [4.69, 9.17) is 4.74 Å². The Kier molecular flexibility index (Phi) is 5.40. The van der Waals surface area contributed by atoms with Gasteiger partial charge in [0.25, 0.3) is 0 Å². The average molecular weight is 284 g/mol. The van der Waals surface area contributed by atoms with Crippen LogP contribution in [0.1, 0.15) is 38.7 Å². The number of rotatable bonds is 6. The van der Waals surface area contributed by atoms with Gasteiger partial charge in [-0.2, -0.15) is 0 Å². The van der Waals surface area contributed by atoms with E-state index in [1.54, 1.807) is 12.1 Å². The zero-order valence-corrected chi connectivity index (χ0v) is 12.9. The summed E-state index contributed by atoms with van der Waals surface area (Å²) in [5, 5.41) is 9.32. The molecule has 1 aromatic carbocycles. The minimum Gasteiger partial charge on any atom is -0.508 e. The number of ether oxygens (including phenoxy) is 1. The third-order valence-electron chi connectivity index (χ3n) is 3.89. The molecule has 0 saturated carbocycles. The Bertz CT molecular complexity index is 549. The lowest BCUT2D eigenvalue weighted by molar-refractivity contribution is 0.116. The zero-order valence-electron chi connectivity index (χ0n) is 12.9. The van der Waals surface area contributed by atoms with Gasteiger partial charge in [-0.05, 0) is 49.5 Å². The zero-order chi connectivity index (χ0) is 15.2. The molecule has 0 aromatic heterocycles. The standard InChI is InChI=1S/C19H24O2/c1-4-15(13-16-5-8-17(20)9-6-16)7-10-19-18(14(2)3)11-12-21-19/h5-6,8-9,11,13,19-20H,2,4,7,10,12H2,1,3H3/b15-13+. The Hall–Kier alpha value is -1.80. The van der Waals surface area contributed by atoms with E-state index in [1.165, 1.54) is 11.1 Å². The van der Waals surface area contributed by atoms with Crippen LogP contribution >= 0.6 is 0 Å². The van der Waals surface area contributed by atoms with Gasteiger partial charge in [-0.15, -0.1) is 0 Å². The SMILES string of the molecule is C=C(C)C1=CCOC1CC/C(=C/c1ccc(O)cc1)CC. The molecular weight excluding hydrogens is 260 g/mol. The molecule has 2 nitrogen and oxygen atoms in total. The fourth-order valence-corrected chi connectivity index (χ4v) is 2.64. The van der Waals surface area contributed by atoms with E-state index in [0.717, 1.165) is 30.4 Å². The molecule has 2 heteroatoms. The lowest BCUT2D eigenvalue weighted by atomic mass is 9.96. The van der Waals surface area contributed by atoms with Gasteiger partial charge in [0.2, 0.25) is 0 Å². The predicted octanol–water partition coefficient (Wildman–Crippen LogP) is 4.87. The summed E-state index contributed by atoms with van der Waals surface area (Å²) in [7, 11) is 0. The second-order valence-electron chi connectivity index (χ2n) is 5.55. The summed E-state index contributed by atoms with van der Waals surface area (Å²) < 4.78 is 5.77. The molecule has 0 saturated heterocycles. The minimum absolute atomic E-state index is 0.192. The van der Waals surface area contributed by atoms with Crippen molar-refractivity contribution in [3.63, 3.8) is 0 Å². The Labute approximate surface area is 127 Å². The summed E-state index contributed by atoms with van der Waals surface area (Å²) >= 11 is 0. The fourth-order valence-electron chi connectivity index (χ4n) is 2.64. The molecule has 0 radical (unpaired) electrons. The van der Waals surface area contributed by atoms with Crippen molar-refractivity contribution >= 4 is 6.08 Å². The Morgan fingerprint density at radius 2 is 2.10 bits per heavy atom. The first-order valence-electron chi connectivity index (χ1n) is 7.56. The number of hydrogen-bond donors (Lipinski definition) is 1. The summed E-state index contributed by atoms with van der Waals surface area (Å²) in [6.07, 6.45) is 7.58.